The van der Waals surface area contributed by atoms with Gasteiger partial charge in [-0.3, -0.25) is 4.79 Å². The zero-order valence-corrected chi connectivity index (χ0v) is 16.5. The molecule has 126 valence electrons. The Labute approximate surface area is 140 Å². The van der Waals surface area contributed by atoms with E-state index in [1.807, 2.05) is 4.57 Å². The highest BCUT2D eigenvalue weighted by molar-refractivity contribution is 6.90. The Morgan fingerprint density at radius 1 is 1.22 bits per heavy atom. The van der Waals surface area contributed by atoms with E-state index in [9.17, 15) is 4.79 Å². The molecule has 0 unspecified atom stereocenters. The van der Waals surface area contributed by atoms with Gasteiger partial charge < -0.3 is 9.40 Å². The molecule has 0 spiro atoms. The Morgan fingerprint density at radius 2 is 1.83 bits per heavy atom. The molecule has 0 N–H and O–H groups in total. The lowest BCUT2D eigenvalue weighted by Crippen LogP contribution is -2.57. The summed E-state index contributed by atoms with van der Waals surface area (Å²) in [6.45, 7) is 15.4. The molecule has 1 heterocycles. The maximum absolute atomic E-state index is 13.1. The fourth-order valence-electron chi connectivity index (χ4n) is 2.70. The number of hydrogen-bond acceptors (Lipinski definition) is 3. The van der Waals surface area contributed by atoms with Crippen LogP contribution in [-0.4, -0.2) is 27.0 Å². The number of nitrogens with zero attached hydrogens (tertiary/aromatic N) is 2. The first-order valence-corrected chi connectivity index (χ1v) is 11.1. The van der Waals surface area contributed by atoms with Crippen molar-refractivity contribution in [2.75, 3.05) is 11.7 Å². The van der Waals surface area contributed by atoms with Crippen LogP contribution < -0.4 is 4.57 Å². The van der Waals surface area contributed by atoms with Gasteiger partial charge in [0.25, 0.3) is 5.91 Å². The number of benzene rings is 1. The lowest BCUT2D eigenvalue weighted by Gasteiger charge is -2.43. The van der Waals surface area contributed by atoms with Gasteiger partial charge in [0.15, 0.2) is 13.9 Å². The minimum atomic E-state index is -2.05. The first-order chi connectivity index (χ1) is 10.5. The zero-order valence-electron chi connectivity index (χ0n) is 15.5. The molecule has 1 aliphatic heterocycles. The highest BCUT2D eigenvalue weighted by atomic mass is 28.3. The van der Waals surface area contributed by atoms with Crippen molar-refractivity contribution in [3.8, 4) is 0 Å². The van der Waals surface area contributed by atoms with Crippen molar-refractivity contribution in [1.29, 1.82) is 0 Å². The molecule has 0 radical (unpaired) electrons. The van der Waals surface area contributed by atoms with Gasteiger partial charge in [0.05, 0.1) is 0 Å². The van der Waals surface area contributed by atoms with E-state index in [4.69, 9.17) is 4.84 Å². The number of amides is 1. The number of fused-ring (bicyclic) bond motifs is 1. The largest absolute Gasteiger partial charge is 0.398 e. The normalized spacial score (nSPS) is 17.2. The molecule has 0 saturated carbocycles. The smallest absolute Gasteiger partial charge is 0.273 e. The van der Waals surface area contributed by atoms with Crippen LogP contribution in [0.4, 0.5) is 5.69 Å². The first-order valence-electron chi connectivity index (χ1n) is 8.12. The topological polar surface area (TPSA) is 41.9 Å². The third kappa shape index (κ3) is 2.82. The predicted octanol–water partition coefficient (Wildman–Crippen LogP) is 4.51. The molecule has 0 saturated heterocycles. The molecule has 4 nitrogen and oxygen atoms in total. The van der Waals surface area contributed by atoms with Crippen molar-refractivity contribution in [1.82, 2.24) is 0 Å². The van der Waals surface area contributed by atoms with Crippen molar-refractivity contribution < 1.29 is 9.63 Å². The van der Waals surface area contributed by atoms with E-state index in [-0.39, 0.29) is 10.9 Å². The quantitative estimate of drug-likeness (QED) is 0.603. The summed E-state index contributed by atoms with van der Waals surface area (Å²) in [5.74, 6) is 0.371. The van der Waals surface area contributed by atoms with Gasteiger partial charge >= 0.3 is 0 Å². The monoisotopic (exact) mass is 332 g/mol. The highest BCUT2D eigenvalue weighted by Gasteiger charge is 2.49. The van der Waals surface area contributed by atoms with Crippen LogP contribution in [0.25, 0.3) is 0 Å². The second kappa shape index (κ2) is 5.78. The van der Waals surface area contributed by atoms with Crippen molar-refractivity contribution in [3.05, 3.63) is 29.3 Å². The SMILES string of the molecule is CO/N=C1\C(=O)N([Si](C)(C)C(C)(C)C)c2ccc(C(C)C)cc21. The molecule has 1 aliphatic rings. The van der Waals surface area contributed by atoms with Crippen LogP contribution in [0.2, 0.25) is 18.1 Å². The molecule has 0 aliphatic carbocycles. The average molecular weight is 333 g/mol. The number of rotatable bonds is 3. The van der Waals surface area contributed by atoms with Crippen LogP contribution in [0, 0.1) is 0 Å². The van der Waals surface area contributed by atoms with E-state index in [0.717, 1.165) is 11.3 Å². The van der Waals surface area contributed by atoms with E-state index in [2.05, 4.69) is 71.1 Å². The van der Waals surface area contributed by atoms with Crippen LogP contribution in [-0.2, 0) is 9.63 Å². The Morgan fingerprint density at radius 3 is 2.30 bits per heavy atom. The summed E-state index contributed by atoms with van der Waals surface area (Å²) < 4.78 is 2.00. The van der Waals surface area contributed by atoms with Crippen LogP contribution in [0.15, 0.2) is 23.4 Å². The van der Waals surface area contributed by atoms with Gasteiger partial charge in [0, 0.05) is 11.3 Å². The van der Waals surface area contributed by atoms with E-state index in [0.29, 0.717) is 11.6 Å². The maximum atomic E-state index is 13.1. The van der Waals surface area contributed by atoms with Gasteiger partial charge in [0.1, 0.15) is 7.11 Å². The van der Waals surface area contributed by atoms with Crippen LogP contribution in [0.3, 0.4) is 0 Å². The summed E-state index contributed by atoms with van der Waals surface area (Å²) in [6, 6.07) is 6.27. The Balaban J connectivity index is 2.67. The second-order valence-corrected chi connectivity index (χ2v) is 13.1. The van der Waals surface area contributed by atoms with Gasteiger partial charge in [-0.25, -0.2) is 0 Å². The summed E-state index contributed by atoms with van der Waals surface area (Å²) in [5.41, 5.74) is 3.50. The minimum absolute atomic E-state index is 0.0330. The zero-order chi connectivity index (χ0) is 17.6. The van der Waals surface area contributed by atoms with Gasteiger partial charge in [-0.15, -0.1) is 0 Å². The van der Waals surface area contributed by atoms with Gasteiger partial charge in [-0.1, -0.05) is 58.9 Å². The van der Waals surface area contributed by atoms with Crippen molar-refractivity contribution in [2.24, 2.45) is 5.16 Å². The fraction of sp³-hybridized carbons (Fsp3) is 0.556. The minimum Gasteiger partial charge on any atom is -0.398 e. The second-order valence-electron chi connectivity index (χ2n) is 8.00. The third-order valence-corrected chi connectivity index (χ3v) is 10.4. The van der Waals surface area contributed by atoms with Crippen LogP contribution in [0.1, 0.15) is 51.7 Å². The van der Waals surface area contributed by atoms with E-state index >= 15 is 0 Å². The summed E-state index contributed by atoms with van der Waals surface area (Å²) in [7, 11) is -0.567. The van der Waals surface area contributed by atoms with Gasteiger partial charge in [-0.2, -0.15) is 0 Å². The van der Waals surface area contributed by atoms with Crippen LogP contribution >= 0.6 is 0 Å². The number of hydrogen-bond donors (Lipinski definition) is 0. The molecule has 23 heavy (non-hydrogen) atoms. The molecule has 0 fully saturated rings. The molecular formula is C18H28N2O2Si. The average Bonchev–Trinajstić information content (AvgIpc) is 2.70. The third-order valence-electron chi connectivity index (χ3n) is 5.17. The van der Waals surface area contributed by atoms with Crippen LogP contribution in [0.5, 0.6) is 0 Å². The lowest BCUT2D eigenvalue weighted by atomic mass is 9.99. The number of carbonyl (C=O) groups is 1. The molecule has 0 aromatic heterocycles. The Kier molecular flexibility index (Phi) is 4.46. The molecule has 5 heteroatoms. The Bertz CT molecular complexity index is 657. The van der Waals surface area contributed by atoms with E-state index in [1.54, 1.807) is 0 Å². The Hall–Kier alpha value is -1.62. The van der Waals surface area contributed by atoms with Crippen molar-refractivity contribution in [3.63, 3.8) is 0 Å². The van der Waals surface area contributed by atoms with E-state index < -0.39 is 8.24 Å². The number of oxime groups is 1. The summed E-state index contributed by atoms with van der Waals surface area (Å²) in [5, 5.41) is 4.09. The number of anilines is 1. The summed E-state index contributed by atoms with van der Waals surface area (Å²) >= 11 is 0. The number of carbonyl (C=O) groups excluding carboxylic acids is 1. The van der Waals surface area contributed by atoms with Crippen molar-refractivity contribution in [2.45, 2.75) is 58.7 Å². The molecule has 1 amide bonds. The standard InChI is InChI=1S/C18H28N2O2Si/c1-12(2)13-9-10-15-14(11-13)16(19-22-6)17(21)20(15)23(7,8)18(3,4)5/h9-12H,1-8H3/b19-16-. The molecule has 1 aromatic rings. The molecule has 2 rings (SSSR count). The lowest BCUT2D eigenvalue weighted by molar-refractivity contribution is -0.111. The van der Waals surface area contributed by atoms with Gasteiger partial charge in [-0.05, 0) is 28.7 Å². The maximum Gasteiger partial charge on any atom is 0.273 e. The van der Waals surface area contributed by atoms with Gasteiger partial charge in [0.2, 0.25) is 0 Å². The highest BCUT2D eigenvalue weighted by Crippen LogP contribution is 2.44. The summed E-state index contributed by atoms with van der Waals surface area (Å²) in [6.07, 6.45) is 0. The molecule has 1 aromatic carbocycles. The molecule has 0 atom stereocenters. The fourth-order valence-corrected chi connectivity index (χ4v) is 4.78. The predicted molar refractivity (Wildman–Crippen MR) is 98.8 cm³/mol. The molecular weight excluding hydrogens is 304 g/mol. The van der Waals surface area contributed by atoms with Crippen molar-refractivity contribution >= 4 is 25.5 Å². The van der Waals surface area contributed by atoms with E-state index in [1.165, 1.54) is 12.7 Å². The molecule has 0 bridgehead atoms. The first kappa shape index (κ1) is 17.7. The summed E-state index contributed by atoms with van der Waals surface area (Å²) in [4.78, 5) is 18.0.